The molecule has 7 nitrogen and oxygen atoms in total. The van der Waals surface area contributed by atoms with Gasteiger partial charge in [0.1, 0.15) is 11.6 Å². The smallest absolute Gasteiger partial charge is 0.307 e. The molecule has 1 aliphatic carbocycles. The Hall–Kier alpha value is -2.02. The number of hydrogen-bond donors (Lipinski definition) is 3. The summed E-state index contributed by atoms with van der Waals surface area (Å²) < 4.78 is 0. The number of Topliss-reactive ketones (excluding diaryl/α,β-unsaturated/α-hetero) is 2. The van der Waals surface area contributed by atoms with Gasteiger partial charge < -0.3 is 15.3 Å². The maximum Gasteiger partial charge on any atom is 0.307 e. The SMILES string of the molecule is O=C(O)CC=CC[C@H]1C(O)CC(=O)[C@@H]1CCC(=O)CCC(=O)O. The van der Waals surface area contributed by atoms with E-state index >= 15 is 0 Å². The van der Waals surface area contributed by atoms with Gasteiger partial charge in [0, 0.05) is 25.2 Å². The molecule has 0 bridgehead atoms. The second-order valence-corrected chi connectivity index (χ2v) is 5.78. The topological polar surface area (TPSA) is 129 Å². The molecule has 3 atom stereocenters. The monoisotopic (exact) mass is 326 g/mol. The summed E-state index contributed by atoms with van der Waals surface area (Å²) in [6, 6.07) is 0. The molecular formula is C16H22O7. The van der Waals surface area contributed by atoms with Crippen LogP contribution in [0.4, 0.5) is 0 Å². The minimum atomic E-state index is -1.04. The molecule has 0 saturated heterocycles. The molecule has 7 heteroatoms. The van der Waals surface area contributed by atoms with Crippen molar-refractivity contribution in [2.45, 2.75) is 51.0 Å². The van der Waals surface area contributed by atoms with Gasteiger partial charge in [0.05, 0.1) is 18.9 Å². The molecule has 0 aromatic heterocycles. The number of ketones is 2. The molecule has 1 unspecified atom stereocenters. The largest absolute Gasteiger partial charge is 0.481 e. The third kappa shape index (κ3) is 6.73. The van der Waals surface area contributed by atoms with Crippen LogP contribution < -0.4 is 0 Å². The highest BCUT2D eigenvalue weighted by Crippen LogP contribution is 2.35. The molecule has 0 heterocycles. The van der Waals surface area contributed by atoms with E-state index in [1.807, 2.05) is 0 Å². The molecule has 3 N–H and O–H groups in total. The zero-order valence-corrected chi connectivity index (χ0v) is 12.8. The summed E-state index contributed by atoms with van der Waals surface area (Å²) in [7, 11) is 0. The summed E-state index contributed by atoms with van der Waals surface area (Å²) in [5.74, 6) is -3.05. The number of allylic oxidation sites excluding steroid dienone is 1. The van der Waals surface area contributed by atoms with Crippen molar-refractivity contribution in [3.8, 4) is 0 Å². The number of aliphatic hydroxyl groups is 1. The summed E-state index contributed by atoms with van der Waals surface area (Å²) in [5, 5.41) is 27.0. The van der Waals surface area contributed by atoms with Crippen LogP contribution in [0.25, 0.3) is 0 Å². The van der Waals surface area contributed by atoms with Crippen LogP contribution in [0.1, 0.15) is 44.9 Å². The standard InChI is InChI=1S/C16H22O7/c17-10(6-8-16(22)23)5-7-12-11(13(18)9-14(12)19)3-1-2-4-15(20)21/h1-2,11-13,18H,3-9H2,(H,20,21)(H,22,23)/t11-,12-,13?/m1/s1. The Labute approximate surface area is 134 Å². The molecular weight excluding hydrogens is 304 g/mol. The van der Waals surface area contributed by atoms with Crippen LogP contribution in [-0.4, -0.2) is 44.9 Å². The Morgan fingerprint density at radius 3 is 2.35 bits per heavy atom. The van der Waals surface area contributed by atoms with Crippen LogP contribution in [0, 0.1) is 11.8 Å². The fourth-order valence-corrected chi connectivity index (χ4v) is 2.84. The van der Waals surface area contributed by atoms with Gasteiger partial charge >= 0.3 is 11.9 Å². The van der Waals surface area contributed by atoms with Gasteiger partial charge in [-0.1, -0.05) is 12.2 Å². The Morgan fingerprint density at radius 1 is 1.04 bits per heavy atom. The van der Waals surface area contributed by atoms with Crippen molar-refractivity contribution in [2.24, 2.45) is 11.8 Å². The van der Waals surface area contributed by atoms with E-state index in [4.69, 9.17) is 10.2 Å². The predicted molar refractivity (Wildman–Crippen MR) is 79.7 cm³/mol. The summed E-state index contributed by atoms with van der Waals surface area (Å²) in [6.45, 7) is 0. The average molecular weight is 326 g/mol. The van der Waals surface area contributed by atoms with E-state index in [2.05, 4.69) is 0 Å². The van der Waals surface area contributed by atoms with E-state index < -0.39 is 24.0 Å². The van der Waals surface area contributed by atoms with E-state index in [0.29, 0.717) is 12.8 Å². The molecule has 0 aliphatic heterocycles. The number of aliphatic hydroxyl groups excluding tert-OH is 1. The van der Waals surface area contributed by atoms with Crippen molar-refractivity contribution in [1.29, 1.82) is 0 Å². The van der Waals surface area contributed by atoms with Gasteiger partial charge in [0.2, 0.25) is 0 Å². The molecule has 0 spiro atoms. The highest BCUT2D eigenvalue weighted by atomic mass is 16.4. The highest BCUT2D eigenvalue weighted by Gasteiger charge is 2.40. The summed E-state index contributed by atoms with van der Waals surface area (Å²) in [5.41, 5.74) is 0. The molecule has 0 aromatic rings. The van der Waals surface area contributed by atoms with Gasteiger partial charge in [-0.2, -0.15) is 0 Å². The molecule has 1 aliphatic rings. The van der Waals surface area contributed by atoms with Crippen molar-refractivity contribution in [2.75, 3.05) is 0 Å². The van der Waals surface area contributed by atoms with Crippen molar-refractivity contribution in [3.63, 3.8) is 0 Å². The lowest BCUT2D eigenvalue weighted by Crippen LogP contribution is -2.21. The average Bonchev–Trinajstić information content (AvgIpc) is 2.72. The second-order valence-electron chi connectivity index (χ2n) is 5.78. The Morgan fingerprint density at radius 2 is 1.74 bits per heavy atom. The normalized spacial score (nSPS) is 24.2. The lowest BCUT2D eigenvalue weighted by atomic mass is 9.86. The predicted octanol–water partition coefficient (Wildman–Crippen LogP) is 1.19. The van der Waals surface area contributed by atoms with Crippen molar-refractivity contribution >= 4 is 23.5 Å². The molecule has 1 fully saturated rings. The van der Waals surface area contributed by atoms with E-state index in [-0.39, 0.29) is 49.6 Å². The lowest BCUT2D eigenvalue weighted by molar-refractivity contribution is -0.138. The first-order valence-electron chi connectivity index (χ1n) is 7.62. The van der Waals surface area contributed by atoms with Crippen LogP contribution >= 0.6 is 0 Å². The number of aliphatic carboxylic acids is 2. The van der Waals surface area contributed by atoms with E-state index in [0.717, 1.165) is 0 Å². The first-order valence-corrected chi connectivity index (χ1v) is 7.62. The summed E-state index contributed by atoms with van der Waals surface area (Å²) in [6.07, 6.45) is 2.79. The van der Waals surface area contributed by atoms with Crippen LogP contribution in [-0.2, 0) is 19.2 Å². The van der Waals surface area contributed by atoms with Gasteiger partial charge in [-0.3, -0.25) is 19.2 Å². The van der Waals surface area contributed by atoms with Gasteiger partial charge in [-0.15, -0.1) is 0 Å². The minimum absolute atomic E-state index is 0.0470. The number of hydrogen-bond acceptors (Lipinski definition) is 5. The summed E-state index contributed by atoms with van der Waals surface area (Å²) >= 11 is 0. The van der Waals surface area contributed by atoms with Crippen LogP contribution in [0.5, 0.6) is 0 Å². The third-order valence-corrected chi connectivity index (χ3v) is 4.05. The maximum atomic E-state index is 11.9. The zero-order valence-electron chi connectivity index (χ0n) is 12.8. The third-order valence-electron chi connectivity index (χ3n) is 4.05. The quantitative estimate of drug-likeness (QED) is 0.514. The Kier molecular flexibility index (Phi) is 7.61. The van der Waals surface area contributed by atoms with E-state index in [1.165, 1.54) is 6.08 Å². The summed E-state index contributed by atoms with van der Waals surface area (Å²) in [4.78, 5) is 44.4. The zero-order chi connectivity index (χ0) is 17.4. The number of carboxylic acids is 2. The van der Waals surface area contributed by atoms with Gasteiger partial charge in [-0.25, -0.2) is 0 Å². The van der Waals surface area contributed by atoms with E-state index in [9.17, 15) is 24.3 Å². The number of carboxylic acid groups (broad SMARTS) is 2. The molecule has 1 rings (SSSR count). The van der Waals surface area contributed by atoms with Crippen molar-refractivity contribution < 1.29 is 34.5 Å². The molecule has 0 amide bonds. The lowest BCUT2D eigenvalue weighted by Gasteiger charge is -2.19. The fraction of sp³-hybridized carbons (Fsp3) is 0.625. The number of rotatable bonds is 10. The van der Waals surface area contributed by atoms with Gasteiger partial charge in [0.25, 0.3) is 0 Å². The molecule has 1 saturated carbocycles. The van der Waals surface area contributed by atoms with Crippen LogP contribution in [0.15, 0.2) is 12.2 Å². The Balaban J connectivity index is 2.50. The van der Waals surface area contributed by atoms with Crippen molar-refractivity contribution in [3.05, 3.63) is 12.2 Å². The maximum absolute atomic E-state index is 11.9. The minimum Gasteiger partial charge on any atom is -0.481 e. The highest BCUT2D eigenvalue weighted by molar-refractivity contribution is 5.86. The van der Waals surface area contributed by atoms with E-state index in [1.54, 1.807) is 6.08 Å². The fourth-order valence-electron chi connectivity index (χ4n) is 2.84. The molecule has 23 heavy (non-hydrogen) atoms. The Bertz CT molecular complexity index is 495. The van der Waals surface area contributed by atoms with Crippen molar-refractivity contribution in [1.82, 2.24) is 0 Å². The van der Waals surface area contributed by atoms with Gasteiger partial charge in [0.15, 0.2) is 0 Å². The first-order chi connectivity index (χ1) is 10.8. The second kappa shape index (κ2) is 9.19. The first kappa shape index (κ1) is 19.0. The number of carbonyl (C=O) groups excluding carboxylic acids is 2. The number of carbonyl (C=O) groups is 4. The van der Waals surface area contributed by atoms with Crippen LogP contribution in [0.3, 0.4) is 0 Å². The van der Waals surface area contributed by atoms with Gasteiger partial charge in [-0.05, 0) is 18.8 Å². The van der Waals surface area contributed by atoms with Crippen LogP contribution in [0.2, 0.25) is 0 Å². The molecule has 0 radical (unpaired) electrons. The molecule has 0 aromatic carbocycles. The molecule has 128 valence electrons.